The molecule has 1 aromatic rings. The van der Waals surface area contributed by atoms with Crippen LogP contribution in [0.5, 0.6) is 0 Å². The summed E-state index contributed by atoms with van der Waals surface area (Å²) >= 11 is 0. The molecule has 0 aliphatic heterocycles. The normalized spacial score (nSPS) is 15.4. The molecule has 0 radical (unpaired) electrons. The molecule has 112 valence electrons. The van der Waals surface area contributed by atoms with Crippen LogP contribution >= 0.6 is 0 Å². The Hall–Kier alpha value is -1.39. The first-order valence-electron chi connectivity index (χ1n) is 7.16. The summed E-state index contributed by atoms with van der Waals surface area (Å²) in [7, 11) is 0. The smallest absolute Gasteiger partial charge is 0.322 e. The fourth-order valence-electron chi connectivity index (χ4n) is 1.88. The van der Waals surface area contributed by atoms with E-state index in [2.05, 4.69) is 6.92 Å². The summed E-state index contributed by atoms with van der Waals surface area (Å²) in [6.45, 7) is 6.07. The zero-order valence-corrected chi connectivity index (χ0v) is 12.5. The highest BCUT2D eigenvalue weighted by Crippen LogP contribution is 2.14. The minimum absolute atomic E-state index is 0.108. The summed E-state index contributed by atoms with van der Waals surface area (Å²) in [6, 6.07) is 9.36. The van der Waals surface area contributed by atoms with Crippen molar-refractivity contribution in [2.24, 2.45) is 5.73 Å². The molecule has 0 spiro atoms. The van der Waals surface area contributed by atoms with Crippen molar-refractivity contribution in [2.75, 3.05) is 0 Å². The van der Waals surface area contributed by atoms with E-state index in [9.17, 15) is 4.79 Å². The van der Waals surface area contributed by atoms with Crippen LogP contribution in [0.4, 0.5) is 0 Å². The molecule has 0 unspecified atom stereocenters. The number of benzene rings is 1. The molecule has 3 atom stereocenters. The highest BCUT2D eigenvalue weighted by atomic mass is 16.6. The van der Waals surface area contributed by atoms with Gasteiger partial charge in [-0.1, -0.05) is 43.7 Å². The molecular weight excluding hydrogens is 254 g/mol. The lowest BCUT2D eigenvalue weighted by Gasteiger charge is -2.25. The molecule has 1 rings (SSSR count). The zero-order chi connectivity index (χ0) is 15.0. The Morgan fingerprint density at radius 3 is 2.45 bits per heavy atom. The Bertz CT molecular complexity index is 392. The fraction of sp³-hybridized carbons (Fsp3) is 0.562. The molecule has 4 nitrogen and oxygen atoms in total. The Labute approximate surface area is 121 Å². The maximum Gasteiger partial charge on any atom is 0.322 e. The molecule has 0 saturated heterocycles. The van der Waals surface area contributed by atoms with Gasteiger partial charge in [-0.05, 0) is 25.8 Å². The van der Waals surface area contributed by atoms with Gasteiger partial charge < -0.3 is 15.2 Å². The Morgan fingerprint density at radius 2 is 1.90 bits per heavy atom. The van der Waals surface area contributed by atoms with Gasteiger partial charge in [0, 0.05) is 0 Å². The average molecular weight is 279 g/mol. The van der Waals surface area contributed by atoms with E-state index in [-0.39, 0.29) is 18.2 Å². The molecule has 0 amide bonds. The summed E-state index contributed by atoms with van der Waals surface area (Å²) in [4.78, 5) is 11.5. The van der Waals surface area contributed by atoms with E-state index in [1.807, 2.05) is 37.3 Å². The lowest BCUT2D eigenvalue weighted by molar-refractivity contribution is -0.158. The summed E-state index contributed by atoms with van der Waals surface area (Å²) in [5.74, 6) is -0.387. The largest absolute Gasteiger partial charge is 0.459 e. The van der Waals surface area contributed by atoms with Gasteiger partial charge in [-0.3, -0.25) is 4.79 Å². The number of hydrogen-bond acceptors (Lipinski definition) is 4. The van der Waals surface area contributed by atoms with E-state index in [0.717, 1.165) is 18.4 Å². The third-order valence-electron chi connectivity index (χ3n) is 3.08. The minimum atomic E-state index is -0.603. The molecule has 20 heavy (non-hydrogen) atoms. The van der Waals surface area contributed by atoms with E-state index in [4.69, 9.17) is 15.2 Å². The molecule has 0 aliphatic rings. The van der Waals surface area contributed by atoms with Gasteiger partial charge in [0.05, 0.1) is 12.7 Å². The van der Waals surface area contributed by atoms with Crippen LogP contribution in [-0.4, -0.2) is 24.2 Å². The number of ether oxygens (including phenoxy) is 2. The van der Waals surface area contributed by atoms with Crippen molar-refractivity contribution < 1.29 is 14.3 Å². The molecule has 0 fully saturated rings. The van der Waals surface area contributed by atoms with Crippen molar-refractivity contribution in [3.05, 3.63) is 35.9 Å². The highest BCUT2D eigenvalue weighted by Gasteiger charge is 2.22. The van der Waals surface area contributed by atoms with Crippen molar-refractivity contribution in [1.29, 1.82) is 0 Å². The molecule has 0 aliphatic carbocycles. The predicted molar refractivity (Wildman–Crippen MR) is 79.1 cm³/mol. The van der Waals surface area contributed by atoms with Gasteiger partial charge >= 0.3 is 5.97 Å². The molecule has 2 N–H and O–H groups in total. The first-order chi connectivity index (χ1) is 9.54. The van der Waals surface area contributed by atoms with Crippen molar-refractivity contribution in [1.82, 2.24) is 0 Å². The van der Waals surface area contributed by atoms with Crippen molar-refractivity contribution in [3.63, 3.8) is 0 Å². The van der Waals surface area contributed by atoms with E-state index >= 15 is 0 Å². The number of rotatable bonds is 8. The number of hydrogen-bond donors (Lipinski definition) is 1. The molecule has 0 heterocycles. The van der Waals surface area contributed by atoms with Crippen LogP contribution in [0.15, 0.2) is 30.3 Å². The average Bonchev–Trinajstić information content (AvgIpc) is 2.44. The summed E-state index contributed by atoms with van der Waals surface area (Å²) in [5.41, 5.74) is 6.62. The lowest BCUT2D eigenvalue weighted by atomic mass is 10.1. The second kappa shape index (κ2) is 8.72. The Kier molecular flexibility index (Phi) is 7.26. The van der Waals surface area contributed by atoms with Gasteiger partial charge in [0.15, 0.2) is 0 Å². The van der Waals surface area contributed by atoms with Crippen molar-refractivity contribution in [2.45, 2.75) is 58.5 Å². The van der Waals surface area contributed by atoms with Gasteiger partial charge in [0.2, 0.25) is 0 Å². The van der Waals surface area contributed by atoms with Crippen molar-refractivity contribution >= 4 is 5.97 Å². The highest BCUT2D eigenvalue weighted by molar-refractivity contribution is 5.75. The molecular formula is C16H25NO3. The standard InChI is InChI=1S/C16H25NO3/c1-4-8-15(13(3)20-16(18)12(2)17)19-11-14-9-6-5-7-10-14/h5-7,9-10,12-13,15H,4,8,11,17H2,1-3H3/t12-,13-,15+/m0/s1. The zero-order valence-electron chi connectivity index (χ0n) is 12.5. The van der Waals surface area contributed by atoms with Gasteiger partial charge in [-0.15, -0.1) is 0 Å². The first-order valence-corrected chi connectivity index (χ1v) is 7.16. The van der Waals surface area contributed by atoms with Crippen LogP contribution in [0.25, 0.3) is 0 Å². The van der Waals surface area contributed by atoms with E-state index in [1.165, 1.54) is 0 Å². The summed E-state index contributed by atoms with van der Waals surface area (Å²) in [5, 5.41) is 0. The predicted octanol–water partition coefficient (Wildman–Crippen LogP) is 2.65. The monoisotopic (exact) mass is 279 g/mol. The van der Waals surface area contributed by atoms with Gasteiger partial charge in [0.1, 0.15) is 12.1 Å². The fourth-order valence-corrected chi connectivity index (χ4v) is 1.88. The number of carbonyl (C=O) groups is 1. The van der Waals surface area contributed by atoms with Crippen molar-refractivity contribution in [3.8, 4) is 0 Å². The lowest BCUT2D eigenvalue weighted by Crippen LogP contribution is -2.37. The molecule has 1 aromatic carbocycles. The van der Waals surface area contributed by atoms with Gasteiger partial charge in [-0.2, -0.15) is 0 Å². The minimum Gasteiger partial charge on any atom is -0.459 e. The first kappa shape index (κ1) is 16.7. The maximum atomic E-state index is 11.5. The second-order valence-electron chi connectivity index (χ2n) is 5.05. The third kappa shape index (κ3) is 5.72. The molecule has 0 bridgehead atoms. The van der Waals surface area contributed by atoms with Crippen LogP contribution in [0.3, 0.4) is 0 Å². The van der Waals surface area contributed by atoms with Crippen LogP contribution in [0.1, 0.15) is 39.2 Å². The second-order valence-corrected chi connectivity index (χ2v) is 5.05. The third-order valence-corrected chi connectivity index (χ3v) is 3.08. The van der Waals surface area contributed by atoms with Crippen LogP contribution < -0.4 is 5.73 Å². The van der Waals surface area contributed by atoms with E-state index in [1.54, 1.807) is 6.92 Å². The van der Waals surface area contributed by atoms with Crippen LogP contribution in [0, 0.1) is 0 Å². The van der Waals surface area contributed by atoms with E-state index < -0.39 is 6.04 Å². The Balaban J connectivity index is 2.52. The summed E-state index contributed by atoms with van der Waals surface area (Å²) < 4.78 is 11.2. The summed E-state index contributed by atoms with van der Waals surface area (Å²) in [6.07, 6.45) is 1.42. The molecule has 0 saturated carbocycles. The molecule has 0 aromatic heterocycles. The van der Waals surface area contributed by atoms with Gasteiger partial charge in [-0.25, -0.2) is 0 Å². The SMILES string of the molecule is CCC[C@@H](OCc1ccccc1)[C@H](C)OC(=O)[C@H](C)N. The molecule has 4 heteroatoms. The number of carbonyl (C=O) groups excluding carboxylic acids is 1. The topological polar surface area (TPSA) is 61.5 Å². The van der Waals surface area contributed by atoms with E-state index in [0.29, 0.717) is 6.61 Å². The van der Waals surface area contributed by atoms with Gasteiger partial charge in [0.25, 0.3) is 0 Å². The maximum absolute atomic E-state index is 11.5. The number of nitrogens with two attached hydrogens (primary N) is 1. The quantitative estimate of drug-likeness (QED) is 0.743. The Morgan fingerprint density at radius 1 is 1.25 bits per heavy atom. The number of esters is 1. The van der Waals surface area contributed by atoms with Crippen LogP contribution in [-0.2, 0) is 20.9 Å². The van der Waals surface area contributed by atoms with Crippen LogP contribution in [0.2, 0.25) is 0 Å².